The summed E-state index contributed by atoms with van der Waals surface area (Å²) in [7, 11) is -0.186. The molecule has 0 heterocycles. The first-order valence-electron chi connectivity index (χ1n) is 5.79. The minimum Gasteiger partial charge on any atom is -0.0654 e. The molecule has 2 aromatic carbocycles. The Morgan fingerprint density at radius 2 is 1.25 bits per heavy atom. The molecule has 2 rings (SSSR count). The minimum absolute atomic E-state index is 0.186. The maximum Gasteiger partial charge on any atom is 0.0370 e. The molecule has 0 saturated heterocycles. The highest BCUT2D eigenvalue weighted by atomic mass is 28.2. The summed E-state index contributed by atoms with van der Waals surface area (Å²) in [5.41, 5.74) is 3.55. The molecule has 0 bridgehead atoms. The van der Waals surface area contributed by atoms with E-state index in [2.05, 4.69) is 73.6 Å². The Morgan fingerprint density at radius 3 is 1.62 bits per heavy atom. The van der Waals surface area contributed by atoms with Crippen molar-refractivity contribution in [1.82, 2.24) is 0 Å². The van der Waals surface area contributed by atoms with Gasteiger partial charge < -0.3 is 0 Å². The summed E-state index contributed by atoms with van der Waals surface area (Å²) in [5.74, 6) is 0. The van der Waals surface area contributed by atoms with Gasteiger partial charge in [-0.2, -0.15) is 0 Å². The second-order valence-electron chi connectivity index (χ2n) is 4.02. The molecule has 16 heavy (non-hydrogen) atoms. The zero-order chi connectivity index (χ0) is 11.2. The molecule has 0 atom stereocenters. The van der Waals surface area contributed by atoms with Crippen LogP contribution in [-0.4, -0.2) is 9.52 Å². The van der Waals surface area contributed by atoms with Crippen molar-refractivity contribution < 1.29 is 0 Å². The normalized spacial score (nSPS) is 11.4. The van der Waals surface area contributed by atoms with Crippen molar-refractivity contribution in [1.29, 1.82) is 0 Å². The Kier molecular flexibility index (Phi) is 3.95. The highest BCUT2D eigenvalue weighted by Gasteiger charge is 2.12. The van der Waals surface area contributed by atoms with Crippen LogP contribution in [0.3, 0.4) is 0 Å². The molecular formula is C15H17Si. The molecule has 0 aliphatic heterocycles. The van der Waals surface area contributed by atoms with Crippen molar-refractivity contribution in [3.63, 3.8) is 0 Å². The van der Waals surface area contributed by atoms with Crippen LogP contribution in [0.5, 0.6) is 0 Å². The number of benzene rings is 2. The van der Waals surface area contributed by atoms with Crippen LogP contribution in [0.15, 0.2) is 60.7 Å². The molecule has 1 radical (unpaired) electrons. The third-order valence-electron chi connectivity index (χ3n) is 2.88. The van der Waals surface area contributed by atoms with Crippen molar-refractivity contribution in [2.45, 2.75) is 12.5 Å². The lowest BCUT2D eigenvalue weighted by Gasteiger charge is -2.16. The van der Waals surface area contributed by atoms with Crippen molar-refractivity contribution in [2.24, 2.45) is 0 Å². The van der Waals surface area contributed by atoms with Gasteiger partial charge in [-0.15, -0.1) is 0 Å². The lowest BCUT2D eigenvalue weighted by atomic mass is 10.0. The summed E-state index contributed by atoms with van der Waals surface area (Å²) in [4.78, 5) is 0. The van der Waals surface area contributed by atoms with Gasteiger partial charge in [0.15, 0.2) is 0 Å². The van der Waals surface area contributed by atoms with Crippen LogP contribution in [0.1, 0.15) is 23.6 Å². The Labute approximate surface area is 100 Å². The summed E-state index contributed by atoms with van der Waals surface area (Å²) in [6, 6.07) is 24.1. The van der Waals surface area contributed by atoms with Gasteiger partial charge in [0.1, 0.15) is 0 Å². The van der Waals surface area contributed by atoms with Crippen LogP contribution >= 0.6 is 0 Å². The first kappa shape index (κ1) is 11.2. The molecule has 0 spiro atoms. The fourth-order valence-corrected chi connectivity index (χ4v) is 3.63. The lowest BCUT2D eigenvalue weighted by Crippen LogP contribution is -2.09. The van der Waals surface area contributed by atoms with E-state index in [9.17, 15) is 0 Å². The predicted octanol–water partition coefficient (Wildman–Crippen LogP) is 3.13. The Balaban J connectivity index is 2.31. The van der Waals surface area contributed by atoms with Gasteiger partial charge in [-0.25, -0.2) is 0 Å². The van der Waals surface area contributed by atoms with E-state index in [1.165, 1.54) is 11.1 Å². The van der Waals surface area contributed by atoms with E-state index in [1.54, 1.807) is 0 Å². The summed E-state index contributed by atoms with van der Waals surface area (Å²) in [6.07, 6.45) is 0. The van der Waals surface area contributed by atoms with E-state index in [-0.39, 0.29) is 9.52 Å². The molecule has 0 aliphatic carbocycles. The van der Waals surface area contributed by atoms with Crippen LogP contribution < -0.4 is 0 Å². The Morgan fingerprint density at radius 1 is 0.812 bits per heavy atom. The first-order chi connectivity index (χ1) is 7.92. The zero-order valence-corrected chi connectivity index (χ0v) is 11.0. The maximum absolute atomic E-state index is 2.38. The molecule has 0 saturated carbocycles. The van der Waals surface area contributed by atoms with Gasteiger partial charge in [0.2, 0.25) is 0 Å². The van der Waals surface area contributed by atoms with Crippen molar-refractivity contribution >= 4 is 9.52 Å². The van der Waals surface area contributed by atoms with Gasteiger partial charge in [0, 0.05) is 9.52 Å². The van der Waals surface area contributed by atoms with E-state index >= 15 is 0 Å². The maximum atomic E-state index is 2.38. The van der Waals surface area contributed by atoms with E-state index in [1.807, 2.05) is 0 Å². The van der Waals surface area contributed by atoms with Crippen LogP contribution in [-0.2, 0) is 0 Å². The third kappa shape index (κ3) is 2.61. The minimum atomic E-state index is -0.186. The van der Waals surface area contributed by atoms with Crippen LogP contribution in [0.4, 0.5) is 0 Å². The second-order valence-corrected chi connectivity index (χ2v) is 6.12. The molecule has 0 unspecified atom stereocenters. The van der Waals surface area contributed by atoms with Crippen molar-refractivity contribution in [2.75, 3.05) is 0 Å². The highest BCUT2D eigenvalue weighted by Crippen LogP contribution is 2.23. The van der Waals surface area contributed by atoms with Gasteiger partial charge in [-0.05, 0) is 16.7 Å². The van der Waals surface area contributed by atoms with Crippen LogP contribution in [0.2, 0.25) is 0 Å². The SMILES string of the molecule is C[CH][SiH2]C(c1ccccc1)c1ccccc1. The molecule has 0 amide bonds. The van der Waals surface area contributed by atoms with Crippen LogP contribution in [0, 0.1) is 6.04 Å². The molecule has 0 fully saturated rings. The van der Waals surface area contributed by atoms with E-state index in [0.717, 1.165) is 0 Å². The molecule has 1 heteroatoms. The average molecular weight is 225 g/mol. The lowest BCUT2D eigenvalue weighted by molar-refractivity contribution is 1.12. The smallest absolute Gasteiger partial charge is 0.0370 e. The predicted molar refractivity (Wildman–Crippen MR) is 73.2 cm³/mol. The summed E-state index contributed by atoms with van der Waals surface area (Å²) in [6.45, 7) is 2.19. The van der Waals surface area contributed by atoms with Crippen molar-refractivity contribution in [3.8, 4) is 0 Å². The quantitative estimate of drug-likeness (QED) is 0.701. The van der Waals surface area contributed by atoms with Gasteiger partial charge in [0.25, 0.3) is 0 Å². The van der Waals surface area contributed by atoms with E-state index in [0.29, 0.717) is 5.54 Å². The van der Waals surface area contributed by atoms with Gasteiger partial charge in [-0.3, -0.25) is 0 Å². The fraction of sp³-hybridized carbons (Fsp3) is 0.133. The van der Waals surface area contributed by atoms with Gasteiger partial charge in [-0.1, -0.05) is 73.6 Å². The number of hydrogen-bond donors (Lipinski definition) is 0. The standard InChI is InChI=1S/C15H17Si/c1-2-16-15(13-9-5-3-6-10-13)14-11-7-4-8-12-14/h2-12,15H,16H2,1H3. The molecule has 2 aromatic rings. The molecule has 0 aliphatic rings. The molecule has 81 valence electrons. The Hall–Kier alpha value is -1.34. The number of hydrogen-bond acceptors (Lipinski definition) is 0. The molecule has 0 nitrogen and oxygen atoms in total. The molecule has 0 aromatic heterocycles. The second kappa shape index (κ2) is 5.66. The monoisotopic (exact) mass is 225 g/mol. The van der Waals surface area contributed by atoms with Crippen molar-refractivity contribution in [3.05, 3.63) is 77.8 Å². The van der Waals surface area contributed by atoms with E-state index in [4.69, 9.17) is 0 Å². The number of rotatable bonds is 4. The molecular weight excluding hydrogens is 208 g/mol. The Bertz CT molecular complexity index is 368. The third-order valence-corrected chi connectivity index (χ3v) is 4.76. The summed E-state index contributed by atoms with van der Waals surface area (Å²) >= 11 is 0. The first-order valence-corrected chi connectivity index (χ1v) is 7.43. The van der Waals surface area contributed by atoms with E-state index < -0.39 is 0 Å². The van der Waals surface area contributed by atoms with Crippen LogP contribution in [0.25, 0.3) is 0 Å². The molecule has 0 N–H and O–H groups in total. The fourth-order valence-electron chi connectivity index (χ4n) is 2.07. The topological polar surface area (TPSA) is 0 Å². The highest BCUT2D eigenvalue weighted by molar-refractivity contribution is 6.43. The van der Waals surface area contributed by atoms with Gasteiger partial charge in [0.05, 0.1) is 0 Å². The van der Waals surface area contributed by atoms with Gasteiger partial charge >= 0.3 is 0 Å². The zero-order valence-electron chi connectivity index (χ0n) is 9.64. The summed E-state index contributed by atoms with van der Waals surface area (Å²) < 4.78 is 0. The average Bonchev–Trinajstić information content (AvgIpc) is 2.38. The summed E-state index contributed by atoms with van der Waals surface area (Å²) in [5, 5.41) is 0. The largest absolute Gasteiger partial charge is 0.0654 e.